The lowest BCUT2D eigenvalue weighted by atomic mass is 10.1. The fraction of sp³-hybridized carbons (Fsp3) is 0.167. The number of amides is 2. The summed E-state index contributed by atoms with van der Waals surface area (Å²) in [6, 6.07) is 1.35. The summed E-state index contributed by atoms with van der Waals surface area (Å²) in [6.45, 7) is 3.78. The van der Waals surface area contributed by atoms with Gasteiger partial charge in [-0.15, -0.1) is 6.58 Å². The Bertz CT molecular complexity index is 518. The third-order valence-electron chi connectivity index (χ3n) is 2.17. The van der Waals surface area contributed by atoms with Crippen LogP contribution in [-0.2, 0) is 4.79 Å². The van der Waals surface area contributed by atoms with Gasteiger partial charge >= 0.3 is 0 Å². The van der Waals surface area contributed by atoms with Crippen molar-refractivity contribution in [3.8, 4) is 0 Å². The van der Waals surface area contributed by atoms with Crippen LogP contribution in [-0.4, -0.2) is 24.9 Å². The molecular weight excluding hydrogens is 256 g/mol. The zero-order chi connectivity index (χ0) is 14.4. The summed E-state index contributed by atoms with van der Waals surface area (Å²) in [7, 11) is 0. The highest BCUT2D eigenvalue weighted by molar-refractivity contribution is 5.97. The van der Waals surface area contributed by atoms with E-state index in [1.54, 1.807) is 6.08 Å². The quantitative estimate of drug-likeness (QED) is 0.527. The molecule has 0 aromatic heterocycles. The SMILES string of the molecule is C=CCNCC(=O)Nc1cc(C(N)=O)c(F)cc1F. The van der Waals surface area contributed by atoms with E-state index in [9.17, 15) is 18.4 Å². The maximum absolute atomic E-state index is 13.4. The van der Waals surface area contributed by atoms with Gasteiger partial charge in [-0.1, -0.05) is 6.08 Å². The lowest BCUT2D eigenvalue weighted by molar-refractivity contribution is -0.115. The van der Waals surface area contributed by atoms with E-state index in [-0.39, 0.29) is 12.2 Å². The standard InChI is InChI=1S/C12H13F2N3O2/c1-2-3-16-6-11(18)17-10-4-7(12(15)19)8(13)5-9(10)14/h2,4-5,16H,1,3,6H2,(H2,15,19)(H,17,18). The van der Waals surface area contributed by atoms with Gasteiger partial charge in [0, 0.05) is 12.6 Å². The first-order chi connectivity index (χ1) is 8.95. The molecule has 7 heteroatoms. The number of hydrogen-bond donors (Lipinski definition) is 3. The number of nitrogens with one attached hydrogen (secondary N) is 2. The van der Waals surface area contributed by atoms with Crippen LogP contribution in [0.15, 0.2) is 24.8 Å². The fourth-order valence-electron chi connectivity index (χ4n) is 1.32. The molecular formula is C12H13F2N3O2. The monoisotopic (exact) mass is 269 g/mol. The smallest absolute Gasteiger partial charge is 0.251 e. The van der Waals surface area contributed by atoms with Gasteiger partial charge in [-0.05, 0) is 6.07 Å². The van der Waals surface area contributed by atoms with Crippen molar-refractivity contribution in [1.82, 2.24) is 5.32 Å². The van der Waals surface area contributed by atoms with E-state index in [0.717, 1.165) is 6.07 Å². The molecule has 2 amide bonds. The molecule has 0 aliphatic carbocycles. The van der Waals surface area contributed by atoms with E-state index in [1.807, 2.05) is 0 Å². The second kappa shape index (κ2) is 6.60. The average molecular weight is 269 g/mol. The lowest BCUT2D eigenvalue weighted by Crippen LogP contribution is -2.28. The van der Waals surface area contributed by atoms with Gasteiger partial charge in [0.25, 0.3) is 5.91 Å². The summed E-state index contributed by atoms with van der Waals surface area (Å²) >= 11 is 0. The Morgan fingerprint density at radius 1 is 1.32 bits per heavy atom. The first-order valence-electron chi connectivity index (χ1n) is 5.36. The molecule has 0 heterocycles. The Labute approximate surface area is 108 Å². The molecule has 1 rings (SSSR count). The Morgan fingerprint density at radius 2 is 2.00 bits per heavy atom. The molecule has 0 spiro atoms. The number of halogens is 2. The highest BCUT2D eigenvalue weighted by Crippen LogP contribution is 2.19. The number of primary amides is 1. The molecule has 0 saturated heterocycles. The largest absolute Gasteiger partial charge is 0.366 e. The zero-order valence-electron chi connectivity index (χ0n) is 10.0. The van der Waals surface area contributed by atoms with Crippen molar-refractivity contribution in [3.63, 3.8) is 0 Å². The topological polar surface area (TPSA) is 84.2 Å². The Morgan fingerprint density at radius 3 is 2.58 bits per heavy atom. The minimum atomic E-state index is -1.08. The Hall–Kier alpha value is -2.28. The van der Waals surface area contributed by atoms with Crippen LogP contribution in [0.5, 0.6) is 0 Å². The first kappa shape index (κ1) is 14.8. The summed E-state index contributed by atoms with van der Waals surface area (Å²) in [6.07, 6.45) is 1.55. The van der Waals surface area contributed by atoms with Crippen LogP contribution in [0.3, 0.4) is 0 Å². The second-order valence-corrected chi connectivity index (χ2v) is 3.64. The number of nitrogens with two attached hydrogens (primary N) is 1. The van der Waals surface area contributed by atoms with Gasteiger partial charge in [-0.2, -0.15) is 0 Å². The molecule has 0 aliphatic rings. The fourth-order valence-corrected chi connectivity index (χ4v) is 1.32. The average Bonchev–Trinajstić information content (AvgIpc) is 2.32. The van der Waals surface area contributed by atoms with Crippen LogP contribution in [0.25, 0.3) is 0 Å². The van der Waals surface area contributed by atoms with Crippen LogP contribution in [0, 0.1) is 11.6 Å². The molecule has 0 radical (unpaired) electrons. The third kappa shape index (κ3) is 4.14. The molecule has 0 aliphatic heterocycles. The molecule has 19 heavy (non-hydrogen) atoms. The third-order valence-corrected chi connectivity index (χ3v) is 2.17. The number of anilines is 1. The summed E-state index contributed by atoms with van der Waals surface area (Å²) in [5.74, 6) is -3.65. The van der Waals surface area contributed by atoms with Gasteiger partial charge in [0.15, 0.2) is 0 Å². The van der Waals surface area contributed by atoms with E-state index in [4.69, 9.17) is 5.73 Å². The number of benzene rings is 1. The van der Waals surface area contributed by atoms with Gasteiger partial charge < -0.3 is 16.4 Å². The molecule has 0 bridgehead atoms. The van der Waals surface area contributed by atoms with E-state index >= 15 is 0 Å². The molecule has 4 N–H and O–H groups in total. The molecule has 102 valence electrons. The Balaban J connectivity index is 2.83. The van der Waals surface area contributed by atoms with Crippen molar-refractivity contribution in [3.05, 3.63) is 42.0 Å². The van der Waals surface area contributed by atoms with Gasteiger partial charge in [0.05, 0.1) is 17.8 Å². The molecule has 0 saturated carbocycles. The minimum absolute atomic E-state index is 0.0747. The molecule has 0 unspecified atom stereocenters. The predicted molar refractivity (Wildman–Crippen MR) is 66.6 cm³/mol. The number of rotatable bonds is 6. The maximum atomic E-state index is 13.4. The van der Waals surface area contributed by atoms with Crippen molar-refractivity contribution >= 4 is 17.5 Å². The summed E-state index contributed by atoms with van der Waals surface area (Å²) in [4.78, 5) is 22.3. The Kier molecular flexibility index (Phi) is 5.13. The number of carbonyl (C=O) groups is 2. The van der Waals surface area contributed by atoms with Crippen LogP contribution < -0.4 is 16.4 Å². The predicted octanol–water partition coefficient (Wildman–Crippen LogP) is 0.778. The first-order valence-corrected chi connectivity index (χ1v) is 5.36. The van der Waals surface area contributed by atoms with E-state index < -0.39 is 29.0 Å². The highest BCUT2D eigenvalue weighted by atomic mass is 19.1. The van der Waals surface area contributed by atoms with Gasteiger partial charge in [-0.25, -0.2) is 8.78 Å². The van der Waals surface area contributed by atoms with Crippen molar-refractivity contribution < 1.29 is 18.4 Å². The molecule has 1 aromatic rings. The van der Waals surface area contributed by atoms with Crippen molar-refractivity contribution in [2.75, 3.05) is 18.4 Å². The highest BCUT2D eigenvalue weighted by Gasteiger charge is 2.15. The van der Waals surface area contributed by atoms with Gasteiger partial charge in [0.2, 0.25) is 5.91 Å². The molecule has 1 aromatic carbocycles. The summed E-state index contributed by atoms with van der Waals surface area (Å²) in [5.41, 5.74) is 4.13. The van der Waals surface area contributed by atoms with Crippen LogP contribution in [0.4, 0.5) is 14.5 Å². The van der Waals surface area contributed by atoms with Crippen LogP contribution in [0.1, 0.15) is 10.4 Å². The number of carbonyl (C=O) groups excluding carboxylic acids is 2. The van der Waals surface area contributed by atoms with E-state index in [2.05, 4.69) is 17.2 Å². The number of hydrogen-bond acceptors (Lipinski definition) is 3. The normalized spacial score (nSPS) is 10.0. The molecule has 0 atom stereocenters. The van der Waals surface area contributed by atoms with E-state index in [1.165, 1.54) is 0 Å². The van der Waals surface area contributed by atoms with Crippen LogP contribution in [0.2, 0.25) is 0 Å². The van der Waals surface area contributed by atoms with Crippen molar-refractivity contribution in [1.29, 1.82) is 0 Å². The summed E-state index contributed by atoms with van der Waals surface area (Å²) in [5, 5.41) is 4.91. The lowest BCUT2D eigenvalue weighted by Gasteiger charge is -2.08. The zero-order valence-corrected chi connectivity index (χ0v) is 10.0. The van der Waals surface area contributed by atoms with Crippen molar-refractivity contribution in [2.45, 2.75) is 0 Å². The van der Waals surface area contributed by atoms with Crippen LogP contribution >= 0.6 is 0 Å². The maximum Gasteiger partial charge on any atom is 0.251 e. The molecule has 5 nitrogen and oxygen atoms in total. The second-order valence-electron chi connectivity index (χ2n) is 3.64. The summed E-state index contributed by atoms with van der Waals surface area (Å²) < 4.78 is 26.6. The molecule has 0 fully saturated rings. The van der Waals surface area contributed by atoms with Crippen molar-refractivity contribution in [2.24, 2.45) is 5.73 Å². The van der Waals surface area contributed by atoms with Gasteiger partial charge in [0.1, 0.15) is 11.6 Å². The minimum Gasteiger partial charge on any atom is -0.366 e. The van der Waals surface area contributed by atoms with E-state index in [0.29, 0.717) is 12.6 Å². The van der Waals surface area contributed by atoms with Gasteiger partial charge in [-0.3, -0.25) is 9.59 Å².